The lowest BCUT2D eigenvalue weighted by atomic mass is 10.7. The van der Waals surface area contributed by atoms with Crippen LogP contribution < -0.4 is 10.9 Å². The number of nitrogens with zero attached hydrogens (tertiary/aromatic N) is 2. The van der Waals surface area contributed by atoms with Crippen molar-refractivity contribution in [3.8, 4) is 6.19 Å². The predicted octanol–water partition coefficient (Wildman–Crippen LogP) is -0.238. The fourth-order valence-corrected chi connectivity index (χ4v) is 0.146. The molecule has 0 heterocycles. The highest BCUT2D eigenvalue weighted by Crippen LogP contribution is 1.52. The Kier molecular flexibility index (Phi) is 4.52. The van der Waals surface area contributed by atoms with Crippen molar-refractivity contribution in [2.75, 3.05) is 6.54 Å². The lowest BCUT2D eigenvalue weighted by Gasteiger charge is -1.69. The highest BCUT2D eigenvalue weighted by molar-refractivity contribution is 4.70. The molecule has 0 aromatic carbocycles. The quantitative estimate of drug-likeness (QED) is 0.228. The van der Waals surface area contributed by atoms with Gasteiger partial charge >= 0.3 is 11.6 Å². The molecule has 0 rings (SSSR count). The topological polar surface area (TPSA) is 49.9 Å². The molecule has 36 valence electrons. The van der Waals surface area contributed by atoms with Gasteiger partial charge in [-0.3, -0.25) is 0 Å². The second-order valence-corrected chi connectivity index (χ2v) is 0.863. The third-order valence-electron chi connectivity index (χ3n) is 0.365. The second kappa shape index (κ2) is 5.15. The maximum atomic E-state index is 7.78. The average molecular weight is 96.1 g/mol. The summed E-state index contributed by atoms with van der Waals surface area (Å²) in [6.07, 6.45) is 3.19. The Morgan fingerprint density at radius 1 is 2.00 bits per heavy atom. The van der Waals surface area contributed by atoms with E-state index in [1.165, 1.54) is 0 Å². The highest BCUT2D eigenvalue weighted by atomic mass is 15.3. The first kappa shape index (κ1) is 6.15. The van der Waals surface area contributed by atoms with Crippen LogP contribution in [0.25, 0.3) is 0 Å². The summed E-state index contributed by atoms with van der Waals surface area (Å²) in [6.45, 7) is 3.95. The van der Waals surface area contributed by atoms with Gasteiger partial charge in [0.15, 0.2) is 0 Å². The zero-order valence-electron chi connectivity index (χ0n) is 3.89. The summed E-state index contributed by atoms with van der Waals surface area (Å²) in [7, 11) is 0. The van der Waals surface area contributed by atoms with Crippen LogP contribution in [0.2, 0.25) is 0 Å². The molecule has 0 saturated heterocycles. The normalized spacial score (nSPS) is 7.29. The van der Waals surface area contributed by atoms with E-state index in [1.807, 2.05) is 0 Å². The molecule has 0 aliphatic rings. The molecule has 0 aromatic rings. The van der Waals surface area contributed by atoms with Crippen LogP contribution in [0.1, 0.15) is 0 Å². The monoisotopic (exact) mass is 96.1 g/mol. The minimum Gasteiger partial charge on any atom is -0.116 e. The molecule has 0 bridgehead atoms. The first-order chi connectivity index (χ1) is 3.41. The van der Waals surface area contributed by atoms with Gasteiger partial charge in [-0.1, -0.05) is 6.08 Å². The lowest BCUT2D eigenvalue weighted by molar-refractivity contribution is 0.681. The maximum Gasteiger partial charge on any atom is 0.464 e. The summed E-state index contributed by atoms with van der Waals surface area (Å²) in [6, 6.07) is 0. The van der Waals surface area contributed by atoms with E-state index in [9.17, 15) is 0 Å². The molecule has 0 aromatic heterocycles. The summed E-state index contributed by atoms with van der Waals surface area (Å²) in [5, 5.41) is 7.78. The molecule has 0 unspecified atom stereocenters. The highest BCUT2D eigenvalue weighted by Gasteiger charge is 1.93. The van der Waals surface area contributed by atoms with Crippen LogP contribution in [0.3, 0.4) is 0 Å². The summed E-state index contributed by atoms with van der Waals surface area (Å²) in [5.74, 6) is 0. The van der Waals surface area contributed by atoms with Crippen molar-refractivity contribution >= 4 is 0 Å². The smallest absolute Gasteiger partial charge is 0.116 e. The van der Waals surface area contributed by atoms with Gasteiger partial charge in [-0.2, -0.15) is 0 Å². The summed E-state index contributed by atoms with van der Waals surface area (Å²) < 4.78 is 0. The fourth-order valence-electron chi connectivity index (χ4n) is 0.146. The molecule has 0 atom stereocenters. The van der Waals surface area contributed by atoms with E-state index in [-0.39, 0.29) is 0 Å². The minimum absolute atomic E-state index is 0.549. The van der Waals surface area contributed by atoms with Crippen molar-refractivity contribution in [1.29, 1.82) is 5.26 Å². The Hall–Kier alpha value is -0.850. The van der Waals surface area contributed by atoms with E-state index < -0.39 is 0 Å². The van der Waals surface area contributed by atoms with E-state index >= 15 is 0 Å². The van der Waals surface area contributed by atoms with Crippen molar-refractivity contribution in [1.82, 2.24) is 10.9 Å². The minimum atomic E-state index is 0.549. The average Bonchev–Trinajstić information content (AvgIpc) is 1.69. The zero-order chi connectivity index (χ0) is 5.54. The Balaban J connectivity index is 2.72. The van der Waals surface area contributed by atoms with Crippen molar-refractivity contribution in [3.05, 3.63) is 12.7 Å². The largest absolute Gasteiger partial charge is 0.464 e. The number of nitrogens with one attached hydrogen (secondary N) is 1. The third-order valence-corrected chi connectivity index (χ3v) is 0.365. The van der Waals surface area contributed by atoms with Crippen LogP contribution in [0, 0.1) is 11.5 Å². The van der Waals surface area contributed by atoms with E-state index in [0.29, 0.717) is 6.54 Å². The van der Waals surface area contributed by atoms with Gasteiger partial charge in [-0.05, 0) is 5.43 Å². The van der Waals surface area contributed by atoms with Crippen molar-refractivity contribution in [2.45, 2.75) is 0 Å². The Morgan fingerprint density at radius 2 is 2.71 bits per heavy atom. The van der Waals surface area contributed by atoms with Crippen LogP contribution in [0.5, 0.6) is 0 Å². The molecular weight excluding hydrogens is 90.1 g/mol. The molecule has 2 radical (unpaired) electrons. The zero-order valence-corrected chi connectivity index (χ0v) is 3.89. The van der Waals surface area contributed by atoms with Crippen LogP contribution in [-0.2, 0) is 0 Å². The summed E-state index contributed by atoms with van der Waals surface area (Å²) in [4.78, 5) is 0. The van der Waals surface area contributed by atoms with Gasteiger partial charge in [0.2, 0.25) is 0 Å². The molecule has 0 saturated carbocycles. The van der Waals surface area contributed by atoms with E-state index in [4.69, 9.17) is 5.26 Å². The van der Waals surface area contributed by atoms with Gasteiger partial charge in [0.05, 0.1) is 6.54 Å². The van der Waals surface area contributed by atoms with Crippen molar-refractivity contribution in [2.24, 2.45) is 0 Å². The molecular formula is C4H6N3+. The van der Waals surface area contributed by atoms with Gasteiger partial charge in [0.1, 0.15) is 0 Å². The van der Waals surface area contributed by atoms with E-state index in [0.717, 1.165) is 0 Å². The molecule has 3 heteroatoms. The number of hydrogen-bond acceptors (Lipinski definition) is 2. The number of hydrogen-bond donors (Lipinski definition) is 1. The first-order valence-electron chi connectivity index (χ1n) is 1.84. The van der Waals surface area contributed by atoms with Crippen LogP contribution >= 0.6 is 0 Å². The molecule has 7 heavy (non-hydrogen) atoms. The summed E-state index contributed by atoms with van der Waals surface area (Å²) >= 11 is 0. The van der Waals surface area contributed by atoms with Crippen LogP contribution in [-0.4, -0.2) is 6.54 Å². The van der Waals surface area contributed by atoms with Crippen molar-refractivity contribution in [3.63, 3.8) is 0 Å². The number of nitriles is 1. The van der Waals surface area contributed by atoms with E-state index in [1.54, 1.807) is 12.3 Å². The first-order valence-corrected chi connectivity index (χ1v) is 1.84. The molecule has 0 aliphatic heterocycles. The molecule has 0 amide bonds. The lowest BCUT2D eigenvalue weighted by Crippen LogP contribution is -2.19. The third kappa shape index (κ3) is 5.15. The van der Waals surface area contributed by atoms with Crippen LogP contribution in [0.4, 0.5) is 0 Å². The summed E-state index contributed by atoms with van der Waals surface area (Å²) in [5.41, 5.74) is 5.58. The van der Waals surface area contributed by atoms with Gasteiger partial charge in [-0.25, -0.2) is 0 Å². The van der Waals surface area contributed by atoms with Gasteiger partial charge in [0.25, 0.3) is 0 Å². The Morgan fingerprint density at radius 3 is 3.14 bits per heavy atom. The second-order valence-electron chi connectivity index (χ2n) is 0.863. The van der Waals surface area contributed by atoms with Gasteiger partial charge < -0.3 is 0 Å². The molecule has 0 fully saturated rings. The Labute approximate surface area is 42.6 Å². The van der Waals surface area contributed by atoms with Gasteiger partial charge in [-0.15, -0.1) is 11.8 Å². The van der Waals surface area contributed by atoms with Gasteiger partial charge in [0, 0.05) is 0 Å². The maximum absolute atomic E-state index is 7.78. The van der Waals surface area contributed by atoms with Crippen molar-refractivity contribution < 1.29 is 0 Å². The molecule has 0 spiro atoms. The molecule has 1 N–H and O–H groups in total. The molecule has 3 nitrogen and oxygen atoms in total. The standard InChI is InChI=1S/C4H6N3/c1-2-3-6-7-4-5/h2,6H,1,3H2/q+1. The predicted molar refractivity (Wildman–Crippen MR) is 25.9 cm³/mol. The number of rotatable bonds is 3. The SMILES string of the molecule is C=CCN[N+]C#N. The molecule has 0 aliphatic carbocycles. The van der Waals surface area contributed by atoms with E-state index in [2.05, 4.69) is 17.4 Å². The van der Waals surface area contributed by atoms with Crippen LogP contribution in [0.15, 0.2) is 12.7 Å². The Bertz CT molecular complexity index is 81.4. The fraction of sp³-hybridized carbons (Fsp3) is 0.250.